The molecule has 0 aliphatic heterocycles. The molecule has 0 spiro atoms. The van der Waals surface area contributed by atoms with Gasteiger partial charge in [0.25, 0.3) is 5.95 Å². The average molecular weight is 351 g/mol. The third-order valence-corrected chi connectivity index (χ3v) is 3.08. The summed E-state index contributed by atoms with van der Waals surface area (Å²) in [6, 6.07) is 5.68. The Kier molecular flexibility index (Phi) is 3.48. The topological polar surface area (TPSA) is 91.7 Å². The minimum Gasteiger partial charge on any atom is -0.423 e. The zero-order valence-electron chi connectivity index (χ0n) is 10.4. The van der Waals surface area contributed by atoms with Crippen molar-refractivity contribution < 1.29 is 9.13 Å². The number of hydrogen-bond donors (Lipinski definition) is 1. The van der Waals surface area contributed by atoms with Gasteiger partial charge in [0.1, 0.15) is 11.6 Å². The van der Waals surface area contributed by atoms with Crippen LogP contribution in [0.5, 0.6) is 11.8 Å². The van der Waals surface area contributed by atoms with E-state index in [4.69, 9.17) is 10.5 Å². The van der Waals surface area contributed by atoms with Gasteiger partial charge in [-0.25, -0.2) is 9.07 Å². The number of hydrogen-bond acceptors (Lipinski definition) is 6. The summed E-state index contributed by atoms with van der Waals surface area (Å²) in [4.78, 5) is 11.9. The Morgan fingerprint density at radius 1 is 1.24 bits per heavy atom. The van der Waals surface area contributed by atoms with Crippen LogP contribution in [0, 0.1) is 5.82 Å². The maximum absolute atomic E-state index is 13.2. The Hall–Kier alpha value is -2.55. The number of nitrogens with two attached hydrogens (primary N) is 1. The predicted octanol–water partition coefficient (Wildman–Crippen LogP) is 2.33. The number of ether oxygens (including phenoxy) is 1. The van der Waals surface area contributed by atoms with Crippen LogP contribution in [0.1, 0.15) is 0 Å². The van der Waals surface area contributed by atoms with Gasteiger partial charge in [-0.3, -0.25) is 0 Å². The van der Waals surface area contributed by atoms with Crippen molar-refractivity contribution in [3.05, 3.63) is 46.9 Å². The van der Waals surface area contributed by atoms with Crippen molar-refractivity contribution >= 4 is 21.9 Å². The van der Waals surface area contributed by atoms with Crippen LogP contribution in [0.3, 0.4) is 0 Å². The van der Waals surface area contributed by atoms with Crippen LogP contribution in [0.2, 0.25) is 0 Å². The molecule has 0 radical (unpaired) electrons. The second kappa shape index (κ2) is 5.44. The van der Waals surface area contributed by atoms with Crippen LogP contribution in [0.15, 0.2) is 41.1 Å². The van der Waals surface area contributed by atoms with Crippen molar-refractivity contribution in [2.75, 3.05) is 5.73 Å². The standard InChI is InChI=1S/C12H8BrFN6O/c13-8-3-2-7(14)6-9(8)21-12-18-10(15)17-11(19-12)20-5-1-4-16-20/h1-6H,(H2,15,17,18,19). The third kappa shape index (κ3) is 2.97. The van der Waals surface area contributed by atoms with Gasteiger partial charge < -0.3 is 10.5 Å². The van der Waals surface area contributed by atoms with E-state index in [2.05, 4.69) is 36.0 Å². The number of aromatic nitrogens is 5. The van der Waals surface area contributed by atoms with E-state index in [0.29, 0.717) is 4.47 Å². The second-order valence-corrected chi connectivity index (χ2v) is 4.76. The molecule has 0 fully saturated rings. The van der Waals surface area contributed by atoms with Gasteiger partial charge in [-0.2, -0.15) is 20.1 Å². The summed E-state index contributed by atoms with van der Waals surface area (Å²) >= 11 is 3.25. The third-order valence-electron chi connectivity index (χ3n) is 2.42. The number of rotatable bonds is 3. The summed E-state index contributed by atoms with van der Waals surface area (Å²) in [7, 11) is 0. The predicted molar refractivity (Wildman–Crippen MR) is 75.5 cm³/mol. The van der Waals surface area contributed by atoms with Gasteiger partial charge in [0.15, 0.2) is 0 Å². The first-order chi connectivity index (χ1) is 10.1. The summed E-state index contributed by atoms with van der Waals surface area (Å²) in [6.07, 6.45) is 3.22. The Morgan fingerprint density at radius 2 is 2.10 bits per heavy atom. The van der Waals surface area contributed by atoms with Crippen LogP contribution < -0.4 is 10.5 Å². The molecule has 9 heteroatoms. The molecule has 2 aromatic heterocycles. The minimum atomic E-state index is -0.442. The van der Waals surface area contributed by atoms with Crippen molar-refractivity contribution in [3.63, 3.8) is 0 Å². The van der Waals surface area contributed by atoms with Crippen LogP contribution in [0.4, 0.5) is 10.3 Å². The quantitative estimate of drug-likeness (QED) is 0.779. The second-order valence-electron chi connectivity index (χ2n) is 3.90. The highest BCUT2D eigenvalue weighted by Crippen LogP contribution is 2.29. The summed E-state index contributed by atoms with van der Waals surface area (Å²) in [5, 5.41) is 3.99. The SMILES string of the molecule is Nc1nc(Oc2cc(F)ccc2Br)nc(-n2cccn2)n1. The first-order valence-corrected chi connectivity index (χ1v) is 6.55. The zero-order chi connectivity index (χ0) is 14.8. The van der Waals surface area contributed by atoms with Crippen LogP contribution in [0.25, 0.3) is 5.95 Å². The summed E-state index contributed by atoms with van der Waals surface area (Å²) in [5.41, 5.74) is 5.62. The van der Waals surface area contributed by atoms with E-state index in [0.717, 1.165) is 0 Å². The fourth-order valence-corrected chi connectivity index (χ4v) is 1.88. The van der Waals surface area contributed by atoms with Gasteiger partial charge in [-0.15, -0.1) is 0 Å². The maximum atomic E-state index is 13.2. The van der Waals surface area contributed by atoms with Gasteiger partial charge in [0.05, 0.1) is 4.47 Å². The van der Waals surface area contributed by atoms with Gasteiger partial charge in [0, 0.05) is 18.5 Å². The molecule has 0 amide bonds. The van der Waals surface area contributed by atoms with Gasteiger partial charge >= 0.3 is 6.01 Å². The molecular formula is C12H8BrFN6O. The first-order valence-electron chi connectivity index (χ1n) is 5.76. The van der Waals surface area contributed by atoms with Gasteiger partial charge in [-0.05, 0) is 34.1 Å². The van der Waals surface area contributed by atoms with E-state index in [9.17, 15) is 4.39 Å². The molecule has 0 aliphatic rings. The van der Waals surface area contributed by atoms with Crippen molar-refractivity contribution in [2.45, 2.75) is 0 Å². The molecule has 0 saturated heterocycles. The Bertz CT molecular complexity index is 779. The van der Waals surface area contributed by atoms with Crippen LogP contribution in [-0.4, -0.2) is 24.7 Å². The highest BCUT2D eigenvalue weighted by Gasteiger charge is 2.11. The van der Waals surface area contributed by atoms with Crippen LogP contribution in [-0.2, 0) is 0 Å². The molecule has 0 atom stereocenters. The molecule has 3 rings (SSSR count). The summed E-state index contributed by atoms with van der Waals surface area (Å²) < 4.78 is 20.6. The Balaban J connectivity index is 1.97. The number of benzene rings is 1. The number of halogens is 2. The molecule has 0 unspecified atom stereocenters. The van der Waals surface area contributed by atoms with E-state index >= 15 is 0 Å². The minimum absolute atomic E-state index is 0.0296. The fraction of sp³-hybridized carbons (Fsp3) is 0. The number of nitrogen functional groups attached to an aromatic ring is 1. The van der Waals surface area contributed by atoms with Crippen molar-refractivity contribution in [1.82, 2.24) is 24.7 Å². The van der Waals surface area contributed by atoms with E-state index < -0.39 is 5.82 Å². The first kappa shape index (κ1) is 13.4. The van der Waals surface area contributed by atoms with Gasteiger partial charge in [0.2, 0.25) is 5.95 Å². The van der Waals surface area contributed by atoms with E-state index in [-0.39, 0.29) is 23.7 Å². The molecule has 3 aromatic rings. The maximum Gasteiger partial charge on any atom is 0.328 e. The lowest BCUT2D eigenvalue weighted by molar-refractivity contribution is 0.432. The number of anilines is 1. The molecule has 21 heavy (non-hydrogen) atoms. The lowest BCUT2D eigenvalue weighted by atomic mass is 10.3. The van der Waals surface area contributed by atoms with E-state index in [1.54, 1.807) is 18.5 Å². The molecule has 0 saturated carbocycles. The molecule has 0 aliphatic carbocycles. The molecule has 1 aromatic carbocycles. The Labute approximate surface area is 126 Å². The van der Waals surface area contributed by atoms with Crippen molar-refractivity contribution in [3.8, 4) is 17.7 Å². The smallest absolute Gasteiger partial charge is 0.328 e. The average Bonchev–Trinajstić information content (AvgIpc) is 2.96. The van der Waals surface area contributed by atoms with Crippen molar-refractivity contribution in [1.29, 1.82) is 0 Å². The fourth-order valence-electron chi connectivity index (χ4n) is 1.55. The zero-order valence-corrected chi connectivity index (χ0v) is 12.0. The van der Waals surface area contributed by atoms with E-state index in [1.807, 2.05) is 0 Å². The Morgan fingerprint density at radius 3 is 2.86 bits per heavy atom. The molecule has 0 bridgehead atoms. The lowest BCUT2D eigenvalue weighted by Crippen LogP contribution is -2.08. The lowest BCUT2D eigenvalue weighted by Gasteiger charge is -2.07. The molecule has 106 valence electrons. The largest absolute Gasteiger partial charge is 0.423 e. The highest BCUT2D eigenvalue weighted by atomic mass is 79.9. The summed E-state index contributed by atoms with van der Waals surface area (Å²) in [6.45, 7) is 0. The van der Waals surface area contributed by atoms with Crippen LogP contribution >= 0.6 is 15.9 Å². The van der Waals surface area contributed by atoms with E-state index in [1.165, 1.54) is 22.9 Å². The summed E-state index contributed by atoms with van der Waals surface area (Å²) in [5.74, 6) is -0.0393. The highest BCUT2D eigenvalue weighted by molar-refractivity contribution is 9.10. The van der Waals surface area contributed by atoms with Gasteiger partial charge in [-0.1, -0.05) is 0 Å². The molecule has 2 heterocycles. The molecular weight excluding hydrogens is 343 g/mol. The molecule has 7 nitrogen and oxygen atoms in total. The normalized spacial score (nSPS) is 10.6. The number of nitrogens with zero attached hydrogens (tertiary/aromatic N) is 5. The van der Waals surface area contributed by atoms with Crippen molar-refractivity contribution in [2.24, 2.45) is 0 Å². The molecule has 2 N–H and O–H groups in total. The monoisotopic (exact) mass is 350 g/mol.